The Hall–Kier alpha value is -5.85. The van der Waals surface area contributed by atoms with E-state index in [-0.39, 0.29) is 29.2 Å². The number of amides is 1. The van der Waals surface area contributed by atoms with Crippen LogP contribution in [0.3, 0.4) is 0 Å². The van der Waals surface area contributed by atoms with Gasteiger partial charge in [-0.2, -0.15) is 5.10 Å². The summed E-state index contributed by atoms with van der Waals surface area (Å²) in [5.74, 6) is -1.93. The van der Waals surface area contributed by atoms with Crippen molar-refractivity contribution in [2.45, 2.75) is 32.7 Å². The van der Waals surface area contributed by atoms with Gasteiger partial charge >= 0.3 is 5.69 Å². The molecule has 13 heteroatoms. The van der Waals surface area contributed by atoms with Crippen LogP contribution >= 0.6 is 0 Å². The Balaban J connectivity index is 1.29. The molecule has 0 spiro atoms. The second kappa shape index (κ2) is 12.6. The van der Waals surface area contributed by atoms with Gasteiger partial charge in [0.2, 0.25) is 0 Å². The van der Waals surface area contributed by atoms with Gasteiger partial charge in [-0.25, -0.2) is 27.6 Å². The number of aryl methyl sites for hydroxylation is 2. The highest BCUT2D eigenvalue weighted by molar-refractivity contribution is 6.03. The molecule has 0 aliphatic rings. The van der Waals surface area contributed by atoms with Crippen molar-refractivity contribution >= 4 is 17.1 Å². The number of hydrogen-bond acceptors (Lipinski definition) is 6. The van der Waals surface area contributed by atoms with Crippen molar-refractivity contribution in [1.29, 1.82) is 0 Å². The second-order valence-electron chi connectivity index (χ2n) is 10.7. The Kier molecular flexibility index (Phi) is 8.29. The Labute approximate surface area is 260 Å². The van der Waals surface area contributed by atoms with Crippen molar-refractivity contribution in [2.75, 3.05) is 5.32 Å². The van der Waals surface area contributed by atoms with Gasteiger partial charge in [-0.15, -0.1) is 0 Å². The first-order valence-electron chi connectivity index (χ1n) is 14.6. The number of benzene rings is 2. The van der Waals surface area contributed by atoms with Gasteiger partial charge in [0.15, 0.2) is 17.3 Å². The summed E-state index contributed by atoms with van der Waals surface area (Å²) in [7, 11) is 1.85. The predicted octanol–water partition coefficient (Wildman–Crippen LogP) is 5.56. The largest absolute Gasteiger partial charge is 0.452 e. The van der Waals surface area contributed by atoms with Crippen LogP contribution in [0.15, 0.2) is 95.3 Å². The topological polar surface area (TPSA) is 117 Å². The van der Waals surface area contributed by atoms with Crippen LogP contribution in [0.25, 0.3) is 22.5 Å². The molecule has 6 rings (SSSR count). The quantitative estimate of drug-likeness (QED) is 0.199. The van der Waals surface area contributed by atoms with Crippen molar-refractivity contribution < 1.29 is 18.3 Å². The second-order valence-corrected chi connectivity index (χ2v) is 10.7. The molecule has 6 aromatic rings. The molecule has 4 heterocycles. The number of pyridine rings is 1. The number of fused-ring (bicyclic) bond motifs is 1. The fourth-order valence-corrected chi connectivity index (χ4v) is 5.03. The van der Waals surface area contributed by atoms with Crippen molar-refractivity contribution in [2.24, 2.45) is 7.05 Å². The lowest BCUT2D eigenvalue weighted by atomic mass is 10.2. The molecular formula is C33H29F2N7O4. The predicted molar refractivity (Wildman–Crippen MR) is 168 cm³/mol. The van der Waals surface area contributed by atoms with Crippen molar-refractivity contribution in [3.05, 3.63) is 124 Å². The molecule has 0 saturated carbocycles. The Bertz CT molecular complexity index is 2180. The van der Waals surface area contributed by atoms with Gasteiger partial charge in [0.05, 0.1) is 23.9 Å². The minimum Gasteiger partial charge on any atom is -0.452 e. The summed E-state index contributed by atoms with van der Waals surface area (Å²) in [5, 5.41) is 6.82. The molecule has 0 fully saturated rings. The number of carbonyl (C=O) groups is 1. The molecule has 0 radical (unpaired) electrons. The number of ether oxygens (including phenoxy) is 1. The molecule has 0 unspecified atom stereocenters. The summed E-state index contributed by atoms with van der Waals surface area (Å²) in [5.41, 5.74) is 0.274. The lowest BCUT2D eigenvalue weighted by Gasteiger charge is -2.14. The lowest BCUT2D eigenvalue weighted by Crippen LogP contribution is -2.42. The molecule has 0 bridgehead atoms. The molecule has 0 atom stereocenters. The number of anilines is 1. The van der Waals surface area contributed by atoms with Crippen LogP contribution in [0.5, 0.6) is 11.5 Å². The number of hydrogen-bond donors (Lipinski definition) is 1. The van der Waals surface area contributed by atoms with Gasteiger partial charge in [0.25, 0.3) is 11.5 Å². The van der Waals surface area contributed by atoms with Gasteiger partial charge in [0.1, 0.15) is 16.9 Å². The third-order valence-corrected chi connectivity index (χ3v) is 7.37. The standard InChI is InChI=1S/C33H29F2N7O4/c1-3-4-5-14-40-18-25(32(44)42(33(40)45)24-9-6-22(34)7-10-24)31(43)38-23-8-11-29(26(35)16-23)46-30-15-21(27-19-39(2)20-36-27)17-41-28(30)12-13-37-41/h6-13,15-20H,3-5,14H2,1-2H3,(H,38,43). The van der Waals surface area contributed by atoms with E-state index in [0.29, 0.717) is 28.9 Å². The molecule has 0 aliphatic heterocycles. The van der Waals surface area contributed by atoms with Crippen LogP contribution in [0.1, 0.15) is 36.5 Å². The zero-order valence-electron chi connectivity index (χ0n) is 25.0. The minimum atomic E-state index is -0.890. The average Bonchev–Trinajstić information content (AvgIpc) is 3.70. The maximum absolute atomic E-state index is 15.4. The first-order chi connectivity index (χ1) is 22.2. The maximum Gasteiger partial charge on any atom is 0.335 e. The smallest absolute Gasteiger partial charge is 0.335 e. The average molecular weight is 626 g/mol. The summed E-state index contributed by atoms with van der Waals surface area (Å²) in [6, 6.07) is 12.1. The summed E-state index contributed by atoms with van der Waals surface area (Å²) >= 11 is 0. The minimum absolute atomic E-state index is 0.0584. The van der Waals surface area contributed by atoms with E-state index in [9.17, 15) is 18.8 Å². The number of aromatic nitrogens is 6. The zero-order chi connectivity index (χ0) is 32.4. The SMILES string of the molecule is CCCCCn1cc(C(=O)Nc2ccc(Oc3cc(-c4cn(C)cn4)cn4nccc34)c(F)c2)c(=O)n(-c2ccc(F)cc2)c1=O. The monoisotopic (exact) mass is 625 g/mol. The molecular weight excluding hydrogens is 596 g/mol. The van der Waals surface area contributed by atoms with E-state index in [0.717, 1.165) is 35.6 Å². The number of rotatable bonds is 10. The van der Waals surface area contributed by atoms with Crippen LogP contribution < -0.4 is 21.3 Å². The van der Waals surface area contributed by atoms with E-state index in [1.807, 2.05) is 20.2 Å². The third kappa shape index (κ3) is 6.07. The van der Waals surface area contributed by atoms with Crippen LogP contribution in [-0.4, -0.2) is 34.2 Å². The van der Waals surface area contributed by atoms with Gasteiger partial charge < -0.3 is 14.6 Å². The maximum atomic E-state index is 15.4. The van der Waals surface area contributed by atoms with E-state index in [4.69, 9.17) is 4.74 Å². The van der Waals surface area contributed by atoms with Crippen molar-refractivity contribution in [1.82, 2.24) is 28.3 Å². The van der Waals surface area contributed by atoms with Crippen LogP contribution in [0.4, 0.5) is 14.5 Å². The molecule has 4 aromatic heterocycles. The molecule has 234 valence electrons. The van der Waals surface area contributed by atoms with Gasteiger partial charge in [-0.3, -0.25) is 14.2 Å². The molecule has 46 heavy (non-hydrogen) atoms. The van der Waals surface area contributed by atoms with Gasteiger partial charge in [0, 0.05) is 49.5 Å². The molecule has 11 nitrogen and oxygen atoms in total. The van der Waals surface area contributed by atoms with Crippen molar-refractivity contribution in [3.8, 4) is 28.4 Å². The Morgan fingerprint density at radius 2 is 1.76 bits per heavy atom. The van der Waals surface area contributed by atoms with Crippen LogP contribution in [0.2, 0.25) is 0 Å². The summed E-state index contributed by atoms with van der Waals surface area (Å²) in [6.45, 7) is 2.27. The van der Waals surface area contributed by atoms with Crippen LogP contribution in [0, 0.1) is 11.6 Å². The highest BCUT2D eigenvalue weighted by Crippen LogP contribution is 2.33. The van der Waals surface area contributed by atoms with Crippen molar-refractivity contribution in [3.63, 3.8) is 0 Å². The van der Waals surface area contributed by atoms with E-state index >= 15 is 4.39 Å². The first-order valence-corrected chi connectivity index (χ1v) is 14.6. The molecule has 2 aromatic carbocycles. The fraction of sp³-hybridized carbons (Fsp3) is 0.182. The zero-order valence-corrected chi connectivity index (χ0v) is 25.0. The molecule has 1 N–H and O–H groups in total. The number of imidazole rings is 1. The van der Waals surface area contributed by atoms with E-state index < -0.39 is 28.8 Å². The number of nitrogens with zero attached hydrogens (tertiary/aromatic N) is 6. The van der Waals surface area contributed by atoms with Gasteiger partial charge in [-0.05, 0) is 55.0 Å². The van der Waals surface area contributed by atoms with Gasteiger partial charge in [-0.1, -0.05) is 19.8 Å². The molecule has 0 aliphatic carbocycles. The molecule has 1 amide bonds. The van der Waals surface area contributed by atoms with E-state index in [2.05, 4.69) is 15.4 Å². The Morgan fingerprint density at radius 1 is 0.957 bits per heavy atom. The fourth-order valence-electron chi connectivity index (χ4n) is 5.03. The number of nitrogens with one attached hydrogen (secondary N) is 1. The first kappa shape index (κ1) is 30.2. The number of halogens is 2. The summed E-state index contributed by atoms with van der Waals surface area (Å²) in [6.07, 6.45) is 10.4. The highest BCUT2D eigenvalue weighted by atomic mass is 19.1. The number of unbranched alkanes of at least 4 members (excludes halogenated alkanes) is 2. The lowest BCUT2D eigenvalue weighted by molar-refractivity contribution is 0.102. The van der Waals surface area contributed by atoms with E-state index in [1.165, 1.54) is 35.0 Å². The normalized spacial score (nSPS) is 11.2. The molecule has 0 saturated heterocycles. The number of carbonyl (C=O) groups excluding carboxylic acids is 1. The Morgan fingerprint density at radius 3 is 2.48 bits per heavy atom. The third-order valence-electron chi connectivity index (χ3n) is 7.37. The van der Waals surface area contributed by atoms with E-state index in [1.54, 1.807) is 39.9 Å². The highest BCUT2D eigenvalue weighted by Gasteiger charge is 2.20. The van der Waals surface area contributed by atoms with Crippen LogP contribution in [-0.2, 0) is 13.6 Å². The summed E-state index contributed by atoms with van der Waals surface area (Å²) < 4.78 is 40.4. The summed E-state index contributed by atoms with van der Waals surface area (Å²) in [4.78, 5) is 44.4.